The minimum atomic E-state index is -4.43. The Morgan fingerprint density at radius 2 is 2.28 bits per heavy atom. The molecule has 0 radical (unpaired) electrons. The van der Waals surface area contributed by atoms with Gasteiger partial charge >= 0.3 is 6.18 Å². The van der Waals surface area contributed by atoms with E-state index in [1.807, 2.05) is 12.3 Å². The summed E-state index contributed by atoms with van der Waals surface area (Å²) >= 11 is 1.37. The topological polar surface area (TPSA) is 51.2 Å². The van der Waals surface area contributed by atoms with E-state index >= 15 is 0 Å². The highest BCUT2D eigenvalue weighted by molar-refractivity contribution is 7.09. The van der Waals surface area contributed by atoms with Gasteiger partial charge in [-0.05, 0) is 13.8 Å². The molecule has 0 aliphatic carbocycles. The van der Waals surface area contributed by atoms with Gasteiger partial charge in [0.1, 0.15) is 17.7 Å². The zero-order valence-electron chi connectivity index (χ0n) is 9.87. The Hall–Kier alpha value is -1.15. The van der Waals surface area contributed by atoms with E-state index in [4.69, 9.17) is 0 Å². The predicted octanol–water partition coefficient (Wildman–Crippen LogP) is 2.04. The lowest BCUT2D eigenvalue weighted by Crippen LogP contribution is -2.36. The summed E-state index contributed by atoms with van der Waals surface area (Å²) in [6, 6.07) is 0. The van der Waals surface area contributed by atoms with Gasteiger partial charge in [0.05, 0.1) is 6.54 Å². The van der Waals surface area contributed by atoms with Crippen LogP contribution in [0.3, 0.4) is 0 Å². The molecule has 1 atom stereocenters. The van der Waals surface area contributed by atoms with Crippen molar-refractivity contribution in [2.45, 2.75) is 32.7 Å². The second-order valence-electron chi connectivity index (χ2n) is 3.67. The molecule has 0 saturated carbocycles. The van der Waals surface area contributed by atoms with Gasteiger partial charge in [-0.1, -0.05) is 0 Å². The lowest BCUT2D eigenvalue weighted by Gasteiger charge is -2.14. The molecular weight excluding hydrogens is 269 g/mol. The monoisotopic (exact) mass is 282 g/mol. The lowest BCUT2D eigenvalue weighted by molar-refractivity contribution is -0.185. The molecule has 8 heteroatoms. The standard InChI is InChI=1S/C10H13F3N2O2S/c1-6-4-18-8(15-6)3-14-9(16)7(2)17-5-10(11,12)13/h4,7H,3,5H2,1-2H3,(H,14,16). The van der Waals surface area contributed by atoms with Crippen LogP contribution in [0.1, 0.15) is 17.6 Å². The smallest absolute Gasteiger partial charge is 0.359 e. The first-order valence-electron chi connectivity index (χ1n) is 5.15. The predicted molar refractivity (Wildman–Crippen MR) is 60.2 cm³/mol. The molecule has 102 valence electrons. The van der Waals surface area contributed by atoms with Gasteiger partial charge in [0.2, 0.25) is 5.91 Å². The highest BCUT2D eigenvalue weighted by atomic mass is 32.1. The van der Waals surface area contributed by atoms with Crippen LogP contribution in [0.4, 0.5) is 13.2 Å². The Labute approximate surface area is 106 Å². The third kappa shape index (κ3) is 5.46. The number of hydrogen-bond acceptors (Lipinski definition) is 4. The van der Waals surface area contributed by atoms with Crippen LogP contribution >= 0.6 is 11.3 Å². The molecule has 1 rings (SSSR count). The summed E-state index contributed by atoms with van der Waals surface area (Å²) in [6.07, 6.45) is -5.58. The molecule has 1 aromatic rings. The molecule has 0 aliphatic rings. The van der Waals surface area contributed by atoms with Crippen molar-refractivity contribution in [3.05, 3.63) is 16.1 Å². The molecular formula is C10H13F3N2O2S. The maximum absolute atomic E-state index is 11.9. The zero-order valence-corrected chi connectivity index (χ0v) is 10.7. The molecule has 0 bridgehead atoms. The van der Waals surface area contributed by atoms with Gasteiger partial charge in [0, 0.05) is 11.1 Å². The summed E-state index contributed by atoms with van der Waals surface area (Å²) in [4.78, 5) is 15.5. The van der Waals surface area contributed by atoms with Crippen LogP contribution < -0.4 is 5.32 Å². The Bertz CT molecular complexity index is 406. The minimum Gasteiger partial charge on any atom is -0.359 e. The van der Waals surface area contributed by atoms with E-state index in [-0.39, 0.29) is 6.54 Å². The van der Waals surface area contributed by atoms with Crippen molar-refractivity contribution in [2.75, 3.05) is 6.61 Å². The molecule has 1 amide bonds. The fourth-order valence-electron chi connectivity index (χ4n) is 1.09. The van der Waals surface area contributed by atoms with Gasteiger partial charge in [-0.3, -0.25) is 4.79 Å². The molecule has 1 unspecified atom stereocenters. The molecule has 0 saturated heterocycles. The van der Waals surface area contributed by atoms with Crippen molar-refractivity contribution in [1.82, 2.24) is 10.3 Å². The van der Waals surface area contributed by atoms with Gasteiger partial charge < -0.3 is 10.1 Å². The Kier molecular flexibility index (Phi) is 5.09. The van der Waals surface area contributed by atoms with E-state index in [2.05, 4.69) is 15.0 Å². The van der Waals surface area contributed by atoms with Crippen LogP contribution in [-0.4, -0.2) is 29.8 Å². The normalized spacial score (nSPS) is 13.4. The summed E-state index contributed by atoms with van der Waals surface area (Å²) in [5.74, 6) is -0.591. The summed E-state index contributed by atoms with van der Waals surface area (Å²) in [5.41, 5.74) is 0.839. The summed E-state index contributed by atoms with van der Waals surface area (Å²) in [7, 11) is 0. The molecule has 0 fully saturated rings. The number of aromatic nitrogens is 1. The molecule has 1 aromatic heterocycles. The maximum Gasteiger partial charge on any atom is 0.411 e. The second-order valence-corrected chi connectivity index (χ2v) is 4.61. The first-order chi connectivity index (χ1) is 8.28. The first-order valence-corrected chi connectivity index (χ1v) is 6.03. The van der Waals surface area contributed by atoms with Crippen molar-refractivity contribution >= 4 is 17.2 Å². The largest absolute Gasteiger partial charge is 0.411 e. The number of amides is 1. The number of alkyl halides is 3. The number of aryl methyl sites for hydroxylation is 1. The highest BCUT2D eigenvalue weighted by Crippen LogP contribution is 2.15. The molecule has 1 heterocycles. The van der Waals surface area contributed by atoms with Gasteiger partial charge in [0.15, 0.2) is 0 Å². The van der Waals surface area contributed by atoms with Crippen LogP contribution in [0.15, 0.2) is 5.38 Å². The SMILES string of the molecule is Cc1csc(CNC(=O)C(C)OCC(F)(F)F)n1. The number of ether oxygens (including phenoxy) is 1. The molecule has 4 nitrogen and oxygen atoms in total. The lowest BCUT2D eigenvalue weighted by atomic mass is 10.3. The van der Waals surface area contributed by atoms with Gasteiger partial charge in [-0.25, -0.2) is 4.98 Å². The van der Waals surface area contributed by atoms with Crippen molar-refractivity contribution in [1.29, 1.82) is 0 Å². The van der Waals surface area contributed by atoms with Gasteiger partial charge in [-0.15, -0.1) is 11.3 Å². The number of rotatable bonds is 5. The van der Waals surface area contributed by atoms with E-state index in [9.17, 15) is 18.0 Å². The van der Waals surface area contributed by atoms with Gasteiger partial charge in [0.25, 0.3) is 0 Å². The van der Waals surface area contributed by atoms with E-state index in [1.165, 1.54) is 18.3 Å². The average Bonchev–Trinajstić information content (AvgIpc) is 2.67. The van der Waals surface area contributed by atoms with E-state index in [0.29, 0.717) is 5.01 Å². The number of thiazole rings is 1. The Balaban J connectivity index is 2.32. The van der Waals surface area contributed by atoms with Gasteiger partial charge in [-0.2, -0.15) is 13.2 Å². The third-order valence-corrected chi connectivity index (χ3v) is 2.91. The van der Waals surface area contributed by atoms with E-state index < -0.39 is 24.8 Å². The minimum absolute atomic E-state index is 0.192. The van der Waals surface area contributed by atoms with Crippen LogP contribution in [0.5, 0.6) is 0 Å². The van der Waals surface area contributed by atoms with Crippen LogP contribution in [0, 0.1) is 6.92 Å². The van der Waals surface area contributed by atoms with Crippen molar-refractivity contribution in [2.24, 2.45) is 0 Å². The first kappa shape index (κ1) is 14.9. The Morgan fingerprint density at radius 1 is 1.61 bits per heavy atom. The summed E-state index contributed by atoms with van der Waals surface area (Å²) in [5, 5.41) is 4.99. The van der Waals surface area contributed by atoms with Crippen molar-refractivity contribution in [3.63, 3.8) is 0 Å². The summed E-state index contributed by atoms with van der Waals surface area (Å²) in [6.45, 7) is 1.85. The maximum atomic E-state index is 11.9. The van der Waals surface area contributed by atoms with Crippen LogP contribution in [-0.2, 0) is 16.1 Å². The number of nitrogens with zero attached hydrogens (tertiary/aromatic N) is 1. The average molecular weight is 282 g/mol. The van der Waals surface area contributed by atoms with E-state index in [1.54, 1.807) is 0 Å². The second kappa shape index (κ2) is 6.14. The fraction of sp³-hybridized carbons (Fsp3) is 0.600. The number of carbonyl (C=O) groups excluding carboxylic acids is 1. The van der Waals surface area contributed by atoms with Crippen LogP contribution in [0.2, 0.25) is 0 Å². The number of carbonyl (C=O) groups is 1. The Morgan fingerprint density at radius 3 is 2.78 bits per heavy atom. The molecule has 1 N–H and O–H groups in total. The number of hydrogen-bond donors (Lipinski definition) is 1. The molecule has 0 spiro atoms. The van der Waals surface area contributed by atoms with Crippen molar-refractivity contribution in [3.8, 4) is 0 Å². The zero-order chi connectivity index (χ0) is 13.8. The highest BCUT2D eigenvalue weighted by Gasteiger charge is 2.29. The molecule has 0 aliphatic heterocycles. The van der Waals surface area contributed by atoms with Crippen molar-refractivity contribution < 1.29 is 22.7 Å². The number of nitrogens with one attached hydrogen (secondary N) is 1. The summed E-state index contributed by atoms with van der Waals surface area (Å²) < 4.78 is 40.0. The third-order valence-electron chi connectivity index (χ3n) is 1.95. The number of halogens is 3. The van der Waals surface area contributed by atoms with E-state index in [0.717, 1.165) is 5.69 Å². The molecule has 18 heavy (non-hydrogen) atoms. The fourth-order valence-corrected chi connectivity index (χ4v) is 1.80. The quantitative estimate of drug-likeness (QED) is 0.899. The molecule has 0 aromatic carbocycles. The van der Waals surface area contributed by atoms with Crippen LogP contribution in [0.25, 0.3) is 0 Å².